The zero-order valence-electron chi connectivity index (χ0n) is 15.8. The van der Waals surface area contributed by atoms with E-state index >= 15 is 0 Å². The summed E-state index contributed by atoms with van der Waals surface area (Å²) in [6.45, 7) is 2.43. The lowest BCUT2D eigenvalue weighted by molar-refractivity contribution is 0.00711. The maximum absolute atomic E-state index is 13.2. The molecule has 1 spiro atoms. The van der Waals surface area contributed by atoms with Gasteiger partial charge >= 0.3 is 0 Å². The van der Waals surface area contributed by atoms with E-state index in [0.29, 0.717) is 37.6 Å². The highest BCUT2D eigenvalue weighted by molar-refractivity contribution is 7.86. The van der Waals surface area contributed by atoms with Gasteiger partial charge in [-0.2, -0.15) is 17.0 Å². The SMILES string of the molecule is CN(C)C[C@H]1[C@@H]2CC[C@@]3(CN(S(=O)(=O)N(C)Cc4ccccc4)C[C@@H]13)O2. The van der Waals surface area contributed by atoms with Crippen molar-refractivity contribution in [1.29, 1.82) is 0 Å². The van der Waals surface area contributed by atoms with E-state index in [0.717, 1.165) is 24.9 Å². The first-order valence-corrected chi connectivity index (χ1v) is 10.8. The number of rotatable bonds is 6. The molecule has 4 atom stereocenters. The third-order valence-corrected chi connectivity index (χ3v) is 8.14. The van der Waals surface area contributed by atoms with E-state index < -0.39 is 10.2 Å². The second kappa shape index (κ2) is 6.56. The number of nitrogens with zero attached hydrogens (tertiary/aromatic N) is 3. The topological polar surface area (TPSA) is 53.1 Å². The number of fused-ring (bicyclic) bond motifs is 1. The summed E-state index contributed by atoms with van der Waals surface area (Å²) in [6, 6.07) is 9.74. The lowest BCUT2D eigenvalue weighted by Gasteiger charge is -2.31. The van der Waals surface area contributed by atoms with Crippen LogP contribution in [0.25, 0.3) is 0 Å². The van der Waals surface area contributed by atoms with Gasteiger partial charge in [-0.1, -0.05) is 30.3 Å². The second-order valence-corrected chi connectivity index (χ2v) is 10.4. The molecular weight excluding hydrogens is 350 g/mol. The van der Waals surface area contributed by atoms with Gasteiger partial charge in [-0.05, 0) is 32.5 Å². The number of hydrogen-bond acceptors (Lipinski definition) is 4. The van der Waals surface area contributed by atoms with Gasteiger partial charge < -0.3 is 9.64 Å². The highest BCUT2D eigenvalue weighted by Gasteiger charge is 2.64. The molecule has 0 N–H and O–H groups in total. The molecule has 26 heavy (non-hydrogen) atoms. The first kappa shape index (κ1) is 18.4. The van der Waals surface area contributed by atoms with Crippen molar-refractivity contribution in [3.63, 3.8) is 0 Å². The Morgan fingerprint density at radius 1 is 1.23 bits per heavy atom. The van der Waals surface area contributed by atoms with Gasteiger partial charge in [0.2, 0.25) is 0 Å². The molecule has 3 aliphatic heterocycles. The Kier molecular flexibility index (Phi) is 4.64. The van der Waals surface area contributed by atoms with E-state index in [-0.39, 0.29) is 5.60 Å². The van der Waals surface area contributed by atoms with Crippen LogP contribution in [-0.2, 0) is 21.5 Å². The summed E-state index contributed by atoms with van der Waals surface area (Å²) in [7, 11) is 2.34. The molecule has 1 aromatic carbocycles. The van der Waals surface area contributed by atoms with Crippen molar-refractivity contribution in [3.05, 3.63) is 35.9 Å². The van der Waals surface area contributed by atoms with Crippen LogP contribution >= 0.6 is 0 Å². The average Bonchev–Trinajstić information content (AvgIpc) is 3.25. The maximum Gasteiger partial charge on any atom is 0.282 e. The van der Waals surface area contributed by atoms with Gasteiger partial charge in [-0.25, -0.2) is 0 Å². The van der Waals surface area contributed by atoms with Crippen molar-refractivity contribution in [2.75, 3.05) is 40.8 Å². The zero-order chi connectivity index (χ0) is 18.5. The van der Waals surface area contributed by atoms with Crippen LogP contribution in [0.3, 0.4) is 0 Å². The third-order valence-electron chi connectivity index (χ3n) is 6.30. The zero-order valence-corrected chi connectivity index (χ0v) is 16.7. The van der Waals surface area contributed by atoms with Crippen LogP contribution in [0.5, 0.6) is 0 Å². The smallest absolute Gasteiger partial charge is 0.282 e. The maximum atomic E-state index is 13.2. The highest BCUT2D eigenvalue weighted by Crippen LogP contribution is 2.55. The van der Waals surface area contributed by atoms with Gasteiger partial charge in [0, 0.05) is 45.1 Å². The van der Waals surface area contributed by atoms with Crippen LogP contribution < -0.4 is 0 Å². The summed E-state index contributed by atoms with van der Waals surface area (Å²) in [4.78, 5) is 2.20. The Balaban J connectivity index is 1.50. The van der Waals surface area contributed by atoms with Crippen LogP contribution in [0.2, 0.25) is 0 Å². The van der Waals surface area contributed by atoms with Crippen molar-refractivity contribution in [2.45, 2.75) is 31.1 Å². The molecule has 3 saturated heterocycles. The number of ether oxygens (including phenoxy) is 1. The summed E-state index contributed by atoms with van der Waals surface area (Å²) in [5.41, 5.74) is 0.741. The molecule has 7 heteroatoms. The number of hydrogen-bond donors (Lipinski definition) is 0. The van der Waals surface area contributed by atoms with Crippen molar-refractivity contribution in [2.24, 2.45) is 11.8 Å². The van der Waals surface area contributed by atoms with E-state index in [1.807, 2.05) is 30.3 Å². The van der Waals surface area contributed by atoms with Crippen LogP contribution in [0.15, 0.2) is 30.3 Å². The Bertz CT molecular complexity index is 755. The van der Waals surface area contributed by atoms with E-state index in [2.05, 4.69) is 19.0 Å². The fourth-order valence-electron chi connectivity index (χ4n) is 5.11. The molecule has 3 fully saturated rings. The Hall–Kier alpha value is -0.990. The summed E-state index contributed by atoms with van der Waals surface area (Å²) in [5, 5.41) is 0. The highest BCUT2D eigenvalue weighted by atomic mass is 32.2. The van der Waals surface area contributed by atoms with Gasteiger partial charge in [0.15, 0.2) is 0 Å². The van der Waals surface area contributed by atoms with Crippen molar-refractivity contribution < 1.29 is 13.2 Å². The van der Waals surface area contributed by atoms with Gasteiger partial charge in [-0.15, -0.1) is 0 Å². The van der Waals surface area contributed by atoms with Crippen LogP contribution in [0.4, 0.5) is 0 Å². The molecule has 0 unspecified atom stereocenters. The average molecular weight is 380 g/mol. The van der Waals surface area contributed by atoms with Gasteiger partial charge in [0.05, 0.1) is 11.7 Å². The molecule has 4 rings (SSSR count). The molecule has 0 aliphatic carbocycles. The Labute approximate surface area is 156 Å². The van der Waals surface area contributed by atoms with Crippen molar-refractivity contribution in [1.82, 2.24) is 13.5 Å². The molecule has 1 aromatic rings. The molecule has 3 aliphatic rings. The standard InChI is InChI=1S/C19H29N3O3S/c1-20(2)12-16-17-13-22(14-19(17)10-9-18(16)25-19)26(23,24)21(3)11-15-7-5-4-6-8-15/h4-8,16-18H,9-14H2,1-3H3/t16-,17+,18+,19+/m1/s1. The summed E-state index contributed by atoms with van der Waals surface area (Å²) >= 11 is 0. The molecule has 0 amide bonds. The number of benzene rings is 1. The molecule has 144 valence electrons. The third kappa shape index (κ3) is 2.99. The minimum atomic E-state index is -3.49. The Morgan fingerprint density at radius 3 is 2.65 bits per heavy atom. The fraction of sp³-hybridized carbons (Fsp3) is 0.684. The first-order chi connectivity index (χ1) is 12.3. The lowest BCUT2D eigenvalue weighted by Crippen LogP contribution is -2.42. The van der Waals surface area contributed by atoms with E-state index in [4.69, 9.17) is 4.74 Å². The minimum absolute atomic E-state index is 0.258. The van der Waals surface area contributed by atoms with Gasteiger partial charge in [0.1, 0.15) is 0 Å². The quantitative estimate of drug-likeness (QED) is 0.750. The van der Waals surface area contributed by atoms with Crippen LogP contribution in [0.1, 0.15) is 18.4 Å². The fourth-order valence-corrected chi connectivity index (χ4v) is 6.55. The summed E-state index contributed by atoms with van der Waals surface area (Å²) in [6.07, 6.45) is 2.35. The summed E-state index contributed by atoms with van der Waals surface area (Å²) < 4.78 is 35.8. The molecule has 0 radical (unpaired) electrons. The second-order valence-electron chi connectivity index (χ2n) is 8.33. The Morgan fingerprint density at radius 2 is 1.96 bits per heavy atom. The molecule has 0 saturated carbocycles. The normalized spacial score (nSPS) is 34.1. The van der Waals surface area contributed by atoms with E-state index in [9.17, 15) is 8.42 Å². The predicted molar refractivity (Wildman–Crippen MR) is 101 cm³/mol. The van der Waals surface area contributed by atoms with Crippen LogP contribution in [-0.4, -0.2) is 74.4 Å². The molecule has 0 aromatic heterocycles. The largest absolute Gasteiger partial charge is 0.370 e. The minimum Gasteiger partial charge on any atom is -0.370 e. The van der Waals surface area contributed by atoms with Gasteiger partial charge in [0.25, 0.3) is 10.2 Å². The molecule has 2 bridgehead atoms. The van der Waals surface area contributed by atoms with Crippen molar-refractivity contribution in [3.8, 4) is 0 Å². The van der Waals surface area contributed by atoms with E-state index in [1.54, 1.807) is 11.4 Å². The van der Waals surface area contributed by atoms with Gasteiger partial charge in [-0.3, -0.25) is 0 Å². The first-order valence-electron chi connectivity index (χ1n) is 9.40. The molecule has 6 nitrogen and oxygen atoms in total. The lowest BCUT2D eigenvalue weighted by atomic mass is 9.73. The van der Waals surface area contributed by atoms with Crippen molar-refractivity contribution >= 4 is 10.2 Å². The summed E-state index contributed by atoms with van der Waals surface area (Å²) in [5.74, 6) is 0.738. The monoisotopic (exact) mass is 379 g/mol. The van der Waals surface area contributed by atoms with E-state index in [1.165, 1.54) is 4.31 Å². The predicted octanol–water partition coefficient (Wildman–Crippen LogP) is 1.40. The van der Waals surface area contributed by atoms with Crippen LogP contribution in [0, 0.1) is 11.8 Å². The molecule has 3 heterocycles. The molecular formula is C19H29N3O3S.